The summed E-state index contributed by atoms with van der Waals surface area (Å²) >= 11 is 0. The van der Waals surface area contributed by atoms with Crippen molar-refractivity contribution in [1.29, 1.82) is 0 Å². The Morgan fingerprint density at radius 3 is 1.86 bits per heavy atom. The standard InChI is InChI=1S/C13H21N/c1-8-6-9(2)12(5)13(11(8)4)7-10(3)14/h6,10H,7,14H2,1-5H3. The van der Waals surface area contributed by atoms with Crippen LogP contribution >= 0.6 is 0 Å². The first kappa shape index (κ1) is 11.3. The first-order chi connectivity index (χ1) is 6.43. The zero-order valence-corrected chi connectivity index (χ0v) is 9.94. The molecule has 0 spiro atoms. The number of benzene rings is 1. The van der Waals surface area contributed by atoms with Gasteiger partial charge in [-0.2, -0.15) is 0 Å². The molecule has 0 aromatic heterocycles. The number of aryl methyl sites for hydroxylation is 2. The third kappa shape index (κ3) is 2.16. The van der Waals surface area contributed by atoms with Crippen LogP contribution in [0.1, 0.15) is 34.7 Å². The van der Waals surface area contributed by atoms with Gasteiger partial charge in [-0.05, 0) is 68.9 Å². The Balaban J connectivity index is 3.25. The molecule has 0 saturated carbocycles. The Hall–Kier alpha value is -0.820. The van der Waals surface area contributed by atoms with Gasteiger partial charge in [0, 0.05) is 6.04 Å². The number of nitrogens with two attached hydrogens (primary N) is 1. The highest BCUT2D eigenvalue weighted by molar-refractivity contribution is 5.44. The second-order valence-corrected chi connectivity index (χ2v) is 4.42. The molecule has 1 aromatic carbocycles. The molecule has 78 valence electrons. The minimum Gasteiger partial charge on any atom is -0.328 e. The van der Waals surface area contributed by atoms with Crippen LogP contribution in [0.2, 0.25) is 0 Å². The summed E-state index contributed by atoms with van der Waals surface area (Å²) in [5, 5.41) is 0. The van der Waals surface area contributed by atoms with E-state index in [9.17, 15) is 0 Å². The highest BCUT2D eigenvalue weighted by atomic mass is 14.6. The molecular weight excluding hydrogens is 170 g/mol. The van der Waals surface area contributed by atoms with Crippen molar-refractivity contribution in [2.24, 2.45) is 5.73 Å². The summed E-state index contributed by atoms with van der Waals surface area (Å²) in [7, 11) is 0. The van der Waals surface area contributed by atoms with E-state index in [4.69, 9.17) is 5.73 Å². The zero-order chi connectivity index (χ0) is 10.9. The average molecular weight is 191 g/mol. The number of hydrogen-bond donors (Lipinski definition) is 1. The topological polar surface area (TPSA) is 26.0 Å². The van der Waals surface area contributed by atoms with E-state index in [0.717, 1.165) is 6.42 Å². The van der Waals surface area contributed by atoms with E-state index in [0.29, 0.717) is 0 Å². The lowest BCUT2D eigenvalue weighted by Gasteiger charge is -2.16. The SMILES string of the molecule is Cc1cc(C)c(C)c(CC(C)N)c1C. The van der Waals surface area contributed by atoms with Crippen LogP contribution in [0.25, 0.3) is 0 Å². The third-order valence-corrected chi connectivity index (χ3v) is 3.05. The molecule has 2 N–H and O–H groups in total. The maximum atomic E-state index is 5.86. The Bertz CT molecular complexity index is 311. The van der Waals surface area contributed by atoms with Crippen LogP contribution in [0.15, 0.2) is 6.07 Å². The summed E-state index contributed by atoms with van der Waals surface area (Å²) in [6.07, 6.45) is 0.986. The third-order valence-electron chi connectivity index (χ3n) is 3.05. The van der Waals surface area contributed by atoms with Crippen molar-refractivity contribution in [3.8, 4) is 0 Å². The van der Waals surface area contributed by atoms with Gasteiger partial charge in [-0.3, -0.25) is 0 Å². The Kier molecular flexibility index (Phi) is 3.33. The van der Waals surface area contributed by atoms with Gasteiger partial charge in [0.25, 0.3) is 0 Å². The van der Waals surface area contributed by atoms with Gasteiger partial charge in [0.05, 0.1) is 0 Å². The van der Waals surface area contributed by atoms with Crippen LogP contribution < -0.4 is 5.73 Å². The summed E-state index contributed by atoms with van der Waals surface area (Å²) in [5.74, 6) is 0. The fraction of sp³-hybridized carbons (Fsp3) is 0.538. The molecule has 1 heteroatoms. The fourth-order valence-electron chi connectivity index (χ4n) is 1.93. The minimum absolute atomic E-state index is 0.244. The summed E-state index contributed by atoms with van der Waals surface area (Å²) in [4.78, 5) is 0. The van der Waals surface area contributed by atoms with Crippen molar-refractivity contribution >= 4 is 0 Å². The van der Waals surface area contributed by atoms with Gasteiger partial charge < -0.3 is 5.73 Å². The van der Waals surface area contributed by atoms with Crippen molar-refractivity contribution in [3.05, 3.63) is 33.9 Å². The monoisotopic (exact) mass is 191 g/mol. The minimum atomic E-state index is 0.244. The summed E-state index contributed by atoms with van der Waals surface area (Å²) in [6, 6.07) is 2.50. The van der Waals surface area contributed by atoms with E-state index in [1.54, 1.807) is 0 Å². The van der Waals surface area contributed by atoms with E-state index in [2.05, 4.69) is 40.7 Å². The molecule has 1 unspecified atom stereocenters. The maximum absolute atomic E-state index is 5.86. The van der Waals surface area contributed by atoms with Crippen LogP contribution in [0.4, 0.5) is 0 Å². The largest absolute Gasteiger partial charge is 0.328 e. The lowest BCUT2D eigenvalue weighted by molar-refractivity contribution is 0.730. The second-order valence-electron chi connectivity index (χ2n) is 4.42. The summed E-state index contributed by atoms with van der Waals surface area (Å²) in [6.45, 7) is 10.8. The fourth-order valence-corrected chi connectivity index (χ4v) is 1.93. The van der Waals surface area contributed by atoms with Gasteiger partial charge in [0.15, 0.2) is 0 Å². The Labute approximate surface area is 87.3 Å². The average Bonchev–Trinajstić information content (AvgIpc) is 2.09. The molecule has 0 fully saturated rings. The van der Waals surface area contributed by atoms with Crippen LogP contribution in [0, 0.1) is 27.7 Å². The lowest BCUT2D eigenvalue weighted by atomic mass is 9.91. The van der Waals surface area contributed by atoms with Crippen LogP contribution in [0.5, 0.6) is 0 Å². The van der Waals surface area contributed by atoms with Crippen molar-refractivity contribution in [2.45, 2.75) is 47.1 Å². The second kappa shape index (κ2) is 4.14. The predicted octanol–water partition coefficient (Wildman–Crippen LogP) is 2.81. The molecule has 1 nitrogen and oxygen atoms in total. The van der Waals surface area contributed by atoms with Gasteiger partial charge in [-0.15, -0.1) is 0 Å². The van der Waals surface area contributed by atoms with Gasteiger partial charge in [-0.25, -0.2) is 0 Å². The molecule has 0 saturated heterocycles. The van der Waals surface area contributed by atoms with Crippen LogP contribution in [-0.4, -0.2) is 6.04 Å². The lowest BCUT2D eigenvalue weighted by Crippen LogP contribution is -2.19. The molecular formula is C13H21N. The van der Waals surface area contributed by atoms with Crippen molar-refractivity contribution in [2.75, 3.05) is 0 Å². The van der Waals surface area contributed by atoms with E-state index in [1.807, 2.05) is 0 Å². The highest BCUT2D eigenvalue weighted by Crippen LogP contribution is 2.22. The normalized spacial score (nSPS) is 13.0. The van der Waals surface area contributed by atoms with Crippen molar-refractivity contribution in [1.82, 2.24) is 0 Å². The smallest absolute Gasteiger partial charge is 0.00511 e. The van der Waals surface area contributed by atoms with E-state index >= 15 is 0 Å². The molecule has 1 rings (SSSR count). The first-order valence-corrected chi connectivity index (χ1v) is 5.25. The predicted molar refractivity (Wildman–Crippen MR) is 62.7 cm³/mol. The van der Waals surface area contributed by atoms with Gasteiger partial charge in [0.2, 0.25) is 0 Å². The quantitative estimate of drug-likeness (QED) is 0.764. The number of rotatable bonds is 2. The molecule has 0 bridgehead atoms. The number of hydrogen-bond acceptors (Lipinski definition) is 1. The summed E-state index contributed by atoms with van der Waals surface area (Å²) < 4.78 is 0. The molecule has 1 atom stereocenters. The first-order valence-electron chi connectivity index (χ1n) is 5.25. The van der Waals surface area contributed by atoms with E-state index < -0.39 is 0 Å². The summed E-state index contributed by atoms with van der Waals surface area (Å²) in [5.41, 5.74) is 12.9. The van der Waals surface area contributed by atoms with Crippen LogP contribution in [0.3, 0.4) is 0 Å². The molecule has 0 aliphatic heterocycles. The Morgan fingerprint density at radius 2 is 1.50 bits per heavy atom. The van der Waals surface area contributed by atoms with Crippen molar-refractivity contribution < 1.29 is 0 Å². The Morgan fingerprint density at radius 1 is 1.07 bits per heavy atom. The zero-order valence-electron chi connectivity index (χ0n) is 9.94. The van der Waals surface area contributed by atoms with E-state index in [1.165, 1.54) is 27.8 Å². The van der Waals surface area contributed by atoms with Gasteiger partial charge in [-0.1, -0.05) is 6.07 Å². The highest BCUT2D eigenvalue weighted by Gasteiger charge is 2.09. The molecule has 0 heterocycles. The molecule has 14 heavy (non-hydrogen) atoms. The molecule has 0 aliphatic carbocycles. The molecule has 0 amide bonds. The molecule has 0 radical (unpaired) electrons. The van der Waals surface area contributed by atoms with Gasteiger partial charge >= 0.3 is 0 Å². The molecule has 0 aliphatic rings. The van der Waals surface area contributed by atoms with Crippen LogP contribution in [-0.2, 0) is 6.42 Å². The van der Waals surface area contributed by atoms with Gasteiger partial charge in [0.1, 0.15) is 0 Å². The molecule has 1 aromatic rings. The van der Waals surface area contributed by atoms with Crippen molar-refractivity contribution in [3.63, 3.8) is 0 Å². The van der Waals surface area contributed by atoms with E-state index in [-0.39, 0.29) is 6.04 Å². The maximum Gasteiger partial charge on any atom is 0.00511 e.